The number of amides is 1. The minimum absolute atomic E-state index is 0.0464. The molecule has 1 fully saturated rings. The molecule has 0 bridgehead atoms. The van der Waals surface area contributed by atoms with Crippen molar-refractivity contribution in [2.45, 2.75) is 32.5 Å². The maximum atomic E-state index is 12.6. The second kappa shape index (κ2) is 5.58. The van der Waals surface area contributed by atoms with Crippen LogP contribution in [-0.2, 0) is 11.3 Å². The van der Waals surface area contributed by atoms with Crippen LogP contribution in [0.5, 0.6) is 0 Å². The maximum Gasteiger partial charge on any atom is 0.274 e. The third-order valence-corrected chi connectivity index (χ3v) is 3.34. The van der Waals surface area contributed by atoms with E-state index >= 15 is 0 Å². The number of nitrogens with zero attached hydrogens (tertiary/aromatic N) is 3. The molecule has 0 spiro atoms. The minimum atomic E-state index is -0.334. The van der Waals surface area contributed by atoms with Crippen molar-refractivity contribution in [3.05, 3.63) is 11.9 Å². The summed E-state index contributed by atoms with van der Waals surface area (Å²) in [4.78, 5) is 14.3. The number of anilines is 1. The van der Waals surface area contributed by atoms with Gasteiger partial charge in [-0.2, -0.15) is 5.10 Å². The first-order valence-electron chi connectivity index (χ1n) is 6.43. The number of ether oxygens (including phenoxy) is 1. The third kappa shape index (κ3) is 2.57. The van der Waals surface area contributed by atoms with Gasteiger partial charge in [0, 0.05) is 13.1 Å². The Balaban J connectivity index is 2.24. The van der Waals surface area contributed by atoms with E-state index in [-0.39, 0.29) is 24.7 Å². The molecule has 2 heterocycles. The van der Waals surface area contributed by atoms with E-state index in [1.807, 2.05) is 13.8 Å². The average Bonchev–Trinajstić information content (AvgIpc) is 2.79. The number of nitrogens with two attached hydrogens (primary N) is 1. The van der Waals surface area contributed by atoms with Crippen LogP contribution in [0.4, 0.5) is 5.69 Å². The molecule has 7 nitrogen and oxygen atoms in total. The number of morpholine rings is 1. The van der Waals surface area contributed by atoms with E-state index in [1.165, 1.54) is 6.20 Å². The zero-order valence-electron chi connectivity index (χ0n) is 11.2. The quantitative estimate of drug-likeness (QED) is 0.785. The summed E-state index contributed by atoms with van der Waals surface area (Å²) in [6, 6.07) is -0.0464. The normalized spacial score (nSPS) is 23.6. The number of hydrogen-bond donors (Lipinski definition) is 2. The van der Waals surface area contributed by atoms with Crippen molar-refractivity contribution < 1.29 is 14.6 Å². The largest absolute Gasteiger partial charge is 0.396 e. The van der Waals surface area contributed by atoms with Crippen LogP contribution in [0.15, 0.2) is 6.20 Å². The van der Waals surface area contributed by atoms with E-state index in [2.05, 4.69) is 5.10 Å². The predicted octanol–water partition coefficient (Wildman–Crippen LogP) is -0.293. The third-order valence-electron chi connectivity index (χ3n) is 3.34. The van der Waals surface area contributed by atoms with E-state index in [1.54, 1.807) is 9.58 Å². The Labute approximate surface area is 111 Å². The van der Waals surface area contributed by atoms with Crippen molar-refractivity contribution in [3.63, 3.8) is 0 Å². The Morgan fingerprint density at radius 2 is 2.42 bits per heavy atom. The Bertz CT molecular complexity index is 460. The Hall–Kier alpha value is -1.60. The number of carbonyl (C=O) groups is 1. The molecule has 1 saturated heterocycles. The lowest BCUT2D eigenvalue weighted by Gasteiger charge is -2.37. The second-order valence-corrected chi connectivity index (χ2v) is 4.71. The van der Waals surface area contributed by atoms with Gasteiger partial charge in [0.05, 0.1) is 37.2 Å². The molecule has 1 aliphatic heterocycles. The molecule has 7 heteroatoms. The molecule has 2 unspecified atom stereocenters. The molecule has 3 N–H and O–H groups in total. The fourth-order valence-electron chi connectivity index (χ4n) is 2.22. The van der Waals surface area contributed by atoms with Crippen molar-refractivity contribution in [3.8, 4) is 0 Å². The second-order valence-electron chi connectivity index (χ2n) is 4.71. The number of nitrogen functional groups attached to an aromatic ring is 1. The number of carbonyl (C=O) groups excluding carboxylic acids is 1. The molecule has 19 heavy (non-hydrogen) atoms. The zero-order valence-corrected chi connectivity index (χ0v) is 11.2. The van der Waals surface area contributed by atoms with Crippen LogP contribution in [0.2, 0.25) is 0 Å². The molecule has 1 aliphatic rings. The highest BCUT2D eigenvalue weighted by Crippen LogP contribution is 2.19. The number of aromatic nitrogens is 2. The van der Waals surface area contributed by atoms with Gasteiger partial charge in [0.25, 0.3) is 5.91 Å². The maximum absolute atomic E-state index is 12.6. The van der Waals surface area contributed by atoms with E-state index in [0.29, 0.717) is 31.1 Å². The van der Waals surface area contributed by atoms with Gasteiger partial charge in [-0.25, -0.2) is 0 Å². The molecular weight excluding hydrogens is 248 g/mol. The highest BCUT2D eigenvalue weighted by Gasteiger charge is 2.32. The van der Waals surface area contributed by atoms with Crippen LogP contribution >= 0.6 is 0 Å². The van der Waals surface area contributed by atoms with Gasteiger partial charge < -0.3 is 20.5 Å². The summed E-state index contributed by atoms with van der Waals surface area (Å²) >= 11 is 0. The topological polar surface area (TPSA) is 93.6 Å². The summed E-state index contributed by atoms with van der Waals surface area (Å²) in [5.41, 5.74) is 6.62. The lowest BCUT2D eigenvalue weighted by atomic mass is 10.1. The lowest BCUT2D eigenvalue weighted by Crippen LogP contribution is -2.52. The van der Waals surface area contributed by atoms with Crippen molar-refractivity contribution in [2.24, 2.45) is 0 Å². The Kier molecular flexibility index (Phi) is 4.06. The molecule has 0 aromatic carbocycles. The molecule has 0 aliphatic carbocycles. The minimum Gasteiger partial charge on any atom is -0.396 e. The van der Waals surface area contributed by atoms with Crippen LogP contribution in [0, 0.1) is 0 Å². The first kappa shape index (κ1) is 13.8. The van der Waals surface area contributed by atoms with Gasteiger partial charge in [0.15, 0.2) is 0 Å². The van der Waals surface area contributed by atoms with Gasteiger partial charge in [-0.3, -0.25) is 9.48 Å². The van der Waals surface area contributed by atoms with Crippen LogP contribution in [-0.4, -0.2) is 57.6 Å². The molecule has 0 saturated carbocycles. The van der Waals surface area contributed by atoms with Gasteiger partial charge in [0.2, 0.25) is 0 Å². The summed E-state index contributed by atoms with van der Waals surface area (Å²) in [5.74, 6) is -0.161. The molecule has 2 atom stereocenters. The fraction of sp³-hybridized carbons (Fsp3) is 0.667. The fourth-order valence-corrected chi connectivity index (χ4v) is 2.22. The number of rotatable bonds is 3. The first-order valence-corrected chi connectivity index (χ1v) is 6.43. The molecule has 106 valence electrons. The van der Waals surface area contributed by atoms with Crippen LogP contribution in [0.3, 0.4) is 0 Å². The van der Waals surface area contributed by atoms with Gasteiger partial charge in [-0.15, -0.1) is 0 Å². The van der Waals surface area contributed by atoms with Gasteiger partial charge in [-0.05, 0) is 13.8 Å². The van der Waals surface area contributed by atoms with Crippen LogP contribution < -0.4 is 5.73 Å². The summed E-state index contributed by atoms with van der Waals surface area (Å²) < 4.78 is 7.02. The molecule has 1 aromatic heterocycles. The number of aliphatic hydroxyl groups excluding tert-OH is 1. The number of aryl methyl sites for hydroxylation is 1. The van der Waals surface area contributed by atoms with Crippen molar-refractivity contribution in [2.75, 3.05) is 25.5 Å². The molecule has 0 radical (unpaired) electrons. The van der Waals surface area contributed by atoms with E-state index in [0.717, 1.165) is 0 Å². The summed E-state index contributed by atoms with van der Waals surface area (Å²) in [7, 11) is 0. The average molecular weight is 268 g/mol. The predicted molar refractivity (Wildman–Crippen MR) is 69.6 cm³/mol. The summed E-state index contributed by atoms with van der Waals surface area (Å²) in [6.07, 6.45) is 1.16. The first-order chi connectivity index (χ1) is 9.08. The van der Waals surface area contributed by atoms with E-state index in [9.17, 15) is 4.79 Å². The molecular formula is C12H20N4O3. The van der Waals surface area contributed by atoms with Crippen molar-refractivity contribution in [1.29, 1.82) is 0 Å². The van der Waals surface area contributed by atoms with Crippen LogP contribution in [0.1, 0.15) is 24.3 Å². The highest BCUT2D eigenvalue weighted by atomic mass is 16.5. The number of aliphatic hydroxyl groups is 1. The molecule has 1 amide bonds. The standard InChI is InChI=1S/C12H20N4O3/c1-3-16-11(10(13)4-14-16)12(18)15-5-9(6-17)19-7-8(15)2/h4,8-9,17H,3,5-7,13H2,1-2H3. The molecule has 2 rings (SSSR count). The summed E-state index contributed by atoms with van der Waals surface area (Å²) in [5, 5.41) is 13.2. The van der Waals surface area contributed by atoms with Crippen LogP contribution in [0.25, 0.3) is 0 Å². The van der Waals surface area contributed by atoms with Gasteiger partial charge in [-0.1, -0.05) is 0 Å². The lowest BCUT2D eigenvalue weighted by molar-refractivity contribution is -0.0669. The SMILES string of the molecule is CCn1ncc(N)c1C(=O)N1CC(CO)OCC1C. The summed E-state index contributed by atoms with van der Waals surface area (Å²) in [6.45, 7) is 5.08. The van der Waals surface area contributed by atoms with E-state index in [4.69, 9.17) is 15.6 Å². The van der Waals surface area contributed by atoms with Gasteiger partial charge >= 0.3 is 0 Å². The highest BCUT2D eigenvalue weighted by molar-refractivity contribution is 5.97. The smallest absolute Gasteiger partial charge is 0.274 e. The van der Waals surface area contributed by atoms with Gasteiger partial charge in [0.1, 0.15) is 5.69 Å². The zero-order chi connectivity index (χ0) is 14.0. The molecule has 1 aromatic rings. The van der Waals surface area contributed by atoms with Crippen molar-refractivity contribution in [1.82, 2.24) is 14.7 Å². The Morgan fingerprint density at radius 1 is 1.68 bits per heavy atom. The van der Waals surface area contributed by atoms with E-state index < -0.39 is 0 Å². The van der Waals surface area contributed by atoms with Crippen molar-refractivity contribution >= 4 is 11.6 Å². The monoisotopic (exact) mass is 268 g/mol. The Morgan fingerprint density at radius 3 is 3.05 bits per heavy atom. The number of hydrogen-bond acceptors (Lipinski definition) is 5.